The van der Waals surface area contributed by atoms with Crippen LogP contribution in [0.5, 0.6) is 0 Å². The molecule has 1 saturated heterocycles. The van der Waals surface area contributed by atoms with Crippen LogP contribution in [0.2, 0.25) is 0 Å². The highest BCUT2D eigenvalue weighted by atomic mass is 16.6. The van der Waals surface area contributed by atoms with Crippen LogP contribution in [0.1, 0.15) is 5.56 Å². The third-order valence-corrected chi connectivity index (χ3v) is 4.03. The lowest BCUT2D eigenvalue weighted by molar-refractivity contribution is -0.540. The summed E-state index contributed by atoms with van der Waals surface area (Å²) in [5, 5.41) is 11.2. The Morgan fingerprint density at radius 1 is 1.29 bits per heavy atom. The molecule has 0 spiro atoms. The van der Waals surface area contributed by atoms with Crippen molar-refractivity contribution in [2.45, 2.75) is 31.0 Å². The molecule has 1 aliphatic heterocycles. The average molecular weight is 293 g/mol. The summed E-state index contributed by atoms with van der Waals surface area (Å²) >= 11 is 0. The van der Waals surface area contributed by atoms with E-state index >= 15 is 0 Å². The minimum atomic E-state index is -1.11. The van der Waals surface area contributed by atoms with Gasteiger partial charge < -0.3 is 14.2 Å². The van der Waals surface area contributed by atoms with Gasteiger partial charge in [-0.3, -0.25) is 14.9 Å². The molecule has 112 valence electrons. The normalized spacial score (nSPS) is 34.0. The molecular weight excluding hydrogens is 278 g/mol. The first kappa shape index (κ1) is 14.0. The SMILES string of the molecule is CO[C@H]1[C@H]2OC(=O)[C@H]([C@H]2OCc2ccccc2)[C@@H]1[N+](=O)[O-]. The number of rotatable bonds is 5. The topological polar surface area (TPSA) is 87.9 Å². The zero-order valence-electron chi connectivity index (χ0n) is 11.4. The van der Waals surface area contributed by atoms with Gasteiger partial charge in [0.1, 0.15) is 6.10 Å². The van der Waals surface area contributed by atoms with E-state index in [0.717, 1.165) is 5.56 Å². The maximum atomic E-state index is 11.8. The largest absolute Gasteiger partial charge is 0.456 e. The molecule has 5 atom stereocenters. The summed E-state index contributed by atoms with van der Waals surface area (Å²) in [4.78, 5) is 22.5. The van der Waals surface area contributed by atoms with E-state index in [1.807, 2.05) is 30.3 Å². The van der Waals surface area contributed by atoms with Crippen molar-refractivity contribution in [1.29, 1.82) is 0 Å². The molecule has 3 rings (SSSR count). The summed E-state index contributed by atoms with van der Waals surface area (Å²) in [5.41, 5.74) is 0.933. The number of hydrogen-bond acceptors (Lipinski definition) is 6. The average Bonchev–Trinajstić information content (AvgIpc) is 2.96. The van der Waals surface area contributed by atoms with Crippen molar-refractivity contribution in [2.24, 2.45) is 5.92 Å². The number of benzene rings is 1. The number of nitro groups is 1. The molecule has 0 aromatic heterocycles. The van der Waals surface area contributed by atoms with Crippen LogP contribution >= 0.6 is 0 Å². The summed E-state index contributed by atoms with van der Waals surface area (Å²) in [6, 6.07) is 8.31. The first-order valence-corrected chi connectivity index (χ1v) is 6.66. The minimum absolute atomic E-state index is 0.274. The third-order valence-electron chi connectivity index (χ3n) is 4.03. The van der Waals surface area contributed by atoms with Crippen LogP contribution in [-0.2, 0) is 25.6 Å². The van der Waals surface area contributed by atoms with E-state index in [1.54, 1.807) is 0 Å². The van der Waals surface area contributed by atoms with Gasteiger partial charge in [0.2, 0.25) is 0 Å². The lowest BCUT2D eigenvalue weighted by atomic mass is 10.0. The van der Waals surface area contributed by atoms with Gasteiger partial charge in [-0.15, -0.1) is 0 Å². The van der Waals surface area contributed by atoms with E-state index in [1.165, 1.54) is 7.11 Å². The van der Waals surface area contributed by atoms with Gasteiger partial charge in [-0.25, -0.2) is 0 Å². The van der Waals surface area contributed by atoms with Crippen molar-refractivity contribution >= 4 is 5.97 Å². The maximum Gasteiger partial charge on any atom is 0.319 e. The summed E-state index contributed by atoms with van der Waals surface area (Å²) in [6.07, 6.45) is -2.12. The number of nitrogens with zero attached hydrogens (tertiary/aromatic N) is 1. The molecule has 1 saturated carbocycles. The van der Waals surface area contributed by atoms with Crippen LogP contribution in [0.15, 0.2) is 30.3 Å². The van der Waals surface area contributed by atoms with Crippen LogP contribution in [0.3, 0.4) is 0 Å². The van der Waals surface area contributed by atoms with Gasteiger partial charge in [0.25, 0.3) is 6.04 Å². The van der Waals surface area contributed by atoms with E-state index in [-0.39, 0.29) is 6.61 Å². The molecule has 7 nitrogen and oxygen atoms in total. The fourth-order valence-corrected chi connectivity index (χ4v) is 3.09. The number of carbonyl (C=O) groups excluding carboxylic acids is 1. The predicted octanol–water partition coefficient (Wildman–Crippen LogP) is 0.787. The molecule has 1 aromatic carbocycles. The predicted molar refractivity (Wildman–Crippen MR) is 70.0 cm³/mol. The van der Waals surface area contributed by atoms with Gasteiger partial charge in [0.05, 0.1) is 6.61 Å². The Kier molecular flexibility index (Phi) is 3.60. The highest BCUT2D eigenvalue weighted by Crippen LogP contribution is 2.42. The second kappa shape index (κ2) is 5.42. The van der Waals surface area contributed by atoms with Crippen LogP contribution in [-0.4, -0.2) is 42.4 Å². The van der Waals surface area contributed by atoms with Crippen molar-refractivity contribution in [3.8, 4) is 0 Å². The summed E-state index contributed by atoms with van der Waals surface area (Å²) in [6.45, 7) is 0.274. The van der Waals surface area contributed by atoms with Gasteiger partial charge in [-0.1, -0.05) is 30.3 Å². The van der Waals surface area contributed by atoms with E-state index < -0.39 is 41.2 Å². The Labute approximate surface area is 120 Å². The highest BCUT2D eigenvalue weighted by Gasteiger charge is 2.68. The standard InChI is InChI=1S/C14H15NO6/c1-19-12-10(15(17)18)9-11(13(12)21-14(9)16)20-7-8-5-3-2-4-6-8/h2-6,9-13H,7H2,1H3/t9-,10-,11+,12+,13-/m0/s1. The zero-order chi connectivity index (χ0) is 15.0. The van der Waals surface area contributed by atoms with Crippen LogP contribution in [0, 0.1) is 16.0 Å². The van der Waals surface area contributed by atoms with Crippen molar-refractivity contribution in [2.75, 3.05) is 7.11 Å². The zero-order valence-corrected chi connectivity index (χ0v) is 11.4. The summed E-state index contributed by atoms with van der Waals surface area (Å²) in [5.74, 6) is -1.48. The number of hydrogen-bond donors (Lipinski definition) is 0. The molecule has 1 aliphatic carbocycles. The first-order valence-electron chi connectivity index (χ1n) is 6.66. The maximum absolute atomic E-state index is 11.8. The number of methoxy groups -OCH3 is 1. The van der Waals surface area contributed by atoms with Gasteiger partial charge in [0.15, 0.2) is 18.1 Å². The lowest BCUT2D eigenvalue weighted by Crippen LogP contribution is -2.46. The lowest BCUT2D eigenvalue weighted by Gasteiger charge is -2.22. The third kappa shape index (κ3) is 2.28. The van der Waals surface area contributed by atoms with Gasteiger partial charge in [-0.2, -0.15) is 0 Å². The monoisotopic (exact) mass is 293 g/mol. The number of carbonyl (C=O) groups is 1. The van der Waals surface area contributed by atoms with Crippen molar-refractivity contribution in [1.82, 2.24) is 0 Å². The Balaban J connectivity index is 1.76. The molecule has 2 aliphatic rings. The molecule has 1 aromatic rings. The second-order valence-electron chi connectivity index (χ2n) is 5.16. The fraction of sp³-hybridized carbons (Fsp3) is 0.500. The second-order valence-corrected chi connectivity index (χ2v) is 5.16. The summed E-state index contributed by atoms with van der Waals surface area (Å²) in [7, 11) is 1.38. The van der Waals surface area contributed by atoms with E-state index in [0.29, 0.717) is 0 Å². The Hall–Kier alpha value is -1.99. The van der Waals surface area contributed by atoms with E-state index in [4.69, 9.17) is 14.2 Å². The van der Waals surface area contributed by atoms with Crippen LogP contribution < -0.4 is 0 Å². The van der Waals surface area contributed by atoms with Crippen molar-refractivity contribution in [3.63, 3.8) is 0 Å². The fourth-order valence-electron chi connectivity index (χ4n) is 3.09. The molecule has 0 N–H and O–H groups in total. The minimum Gasteiger partial charge on any atom is -0.456 e. The Bertz CT molecular complexity index is 548. The molecule has 2 bridgehead atoms. The molecule has 7 heteroatoms. The highest BCUT2D eigenvalue weighted by molar-refractivity contribution is 5.78. The van der Waals surface area contributed by atoms with Gasteiger partial charge >= 0.3 is 5.97 Å². The molecule has 21 heavy (non-hydrogen) atoms. The summed E-state index contributed by atoms with van der Waals surface area (Å²) < 4.78 is 16.0. The number of ether oxygens (including phenoxy) is 3. The Morgan fingerprint density at radius 2 is 2.00 bits per heavy atom. The van der Waals surface area contributed by atoms with Crippen molar-refractivity contribution < 1.29 is 23.9 Å². The molecule has 0 amide bonds. The van der Waals surface area contributed by atoms with Crippen molar-refractivity contribution in [3.05, 3.63) is 46.0 Å². The van der Waals surface area contributed by atoms with E-state index in [9.17, 15) is 14.9 Å². The molecule has 0 unspecified atom stereocenters. The smallest absolute Gasteiger partial charge is 0.319 e. The number of esters is 1. The number of fused-ring (bicyclic) bond motifs is 2. The van der Waals surface area contributed by atoms with E-state index in [2.05, 4.69) is 0 Å². The van der Waals surface area contributed by atoms with Gasteiger partial charge in [-0.05, 0) is 5.56 Å². The first-order chi connectivity index (χ1) is 10.1. The molecule has 2 fully saturated rings. The molecule has 1 heterocycles. The molecule has 0 radical (unpaired) electrons. The Morgan fingerprint density at radius 3 is 2.62 bits per heavy atom. The molecular formula is C14H15NO6. The quantitative estimate of drug-likeness (QED) is 0.453. The van der Waals surface area contributed by atoms with Gasteiger partial charge in [0, 0.05) is 12.0 Å². The van der Waals surface area contributed by atoms with Crippen LogP contribution in [0.4, 0.5) is 0 Å². The van der Waals surface area contributed by atoms with Crippen LogP contribution in [0.25, 0.3) is 0 Å².